The molecule has 1 amide bonds. The van der Waals surface area contributed by atoms with Crippen LogP contribution in [0.15, 0.2) is 0 Å². The number of carbonyl (C=O) groups is 1. The van der Waals surface area contributed by atoms with Crippen molar-refractivity contribution >= 4 is 17.7 Å². The maximum Gasteiger partial charge on any atom is 0.224 e. The zero-order valence-corrected chi connectivity index (χ0v) is 12.1. The number of amides is 1. The first kappa shape index (κ1) is 14.8. The first-order valence-corrected chi connectivity index (χ1v) is 7.96. The largest absolute Gasteiger partial charge is 0.349 e. The molecule has 3 N–H and O–H groups in total. The third kappa shape index (κ3) is 3.62. The monoisotopic (exact) mass is 258 g/mol. The van der Waals surface area contributed by atoms with E-state index >= 15 is 0 Å². The summed E-state index contributed by atoms with van der Waals surface area (Å²) in [5.41, 5.74) is 5.78. The SMILES string of the molecule is CSCC(C)C(=O)NC1(CN)CCCCC1C. The van der Waals surface area contributed by atoms with Crippen molar-refractivity contribution < 1.29 is 4.79 Å². The van der Waals surface area contributed by atoms with Crippen molar-refractivity contribution in [1.82, 2.24) is 5.32 Å². The second kappa shape index (κ2) is 6.64. The summed E-state index contributed by atoms with van der Waals surface area (Å²) >= 11 is 1.72. The molecule has 0 spiro atoms. The number of nitrogens with two attached hydrogens (primary N) is 1. The van der Waals surface area contributed by atoms with Crippen LogP contribution in [0.5, 0.6) is 0 Å². The Morgan fingerprint density at radius 3 is 2.82 bits per heavy atom. The molecule has 4 heteroatoms. The Balaban J connectivity index is 2.64. The van der Waals surface area contributed by atoms with Gasteiger partial charge in [0.15, 0.2) is 0 Å². The average Bonchev–Trinajstić information content (AvgIpc) is 2.32. The number of nitrogens with one attached hydrogen (secondary N) is 1. The zero-order chi connectivity index (χ0) is 12.9. The number of thioether (sulfide) groups is 1. The zero-order valence-electron chi connectivity index (χ0n) is 11.3. The van der Waals surface area contributed by atoms with Gasteiger partial charge in [-0.3, -0.25) is 4.79 Å². The fraction of sp³-hybridized carbons (Fsp3) is 0.923. The van der Waals surface area contributed by atoms with E-state index in [0.29, 0.717) is 12.5 Å². The van der Waals surface area contributed by atoms with E-state index in [1.165, 1.54) is 19.3 Å². The highest BCUT2D eigenvalue weighted by Crippen LogP contribution is 2.33. The summed E-state index contributed by atoms with van der Waals surface area (Å²) in [5, 5.41) is 3.24. The molecule has 1 saturated carbocycles. The van der Waals surface area contributed by atoms with E-state index in [4.69, 9.17) is 5.73 Å². The number of rotatable bonds is 5. The normalized spacial score (nSPS) is 30.9. The molecule has 1 fully saturated rings. The molecule has 1 aliphatic rings. The molecule has 0 saturated heterocycles. The molecular weight excluding hydrogens is 232 g/mol. The first-order chi connectivity index (χ1) is 8.05. The number of hydrogen-bond acceptors (Lipinski definition) is 3. The van der Waals surface area contributed by atoms with Crippen molar-refractivity contribution in [2.24, 2.45) is 17.6 Å². The van der Waals surface area contributed by atoms with Crippen LogP contribution in [0.25, 0.3) is 0 Å². The van der Waals surface area contributed by atoms with Gasteiger partial charge in [0, 0.05) is 18.2 Å². The van der Waals surface area contributed by atoms with Crippen molar-refractivity contribution in [1.29, 1.82) is 0 Å². The van der Waals surface area contributed by atoms with Gasteiger partial charge in [0.2, 0.25) is 5.91 Å². The second-order valence-corrected chi connectivity index (χ2v) is 6.26. The summed E-state index contributed by atoms with van der Waals surface area (Å²) in [6, 6.07) is 0. The van der Waals surface area contributed by atoms with Gasteiger partial charge in [-0.2, -0.15) is 11.8 Å². The maximum absolute atomic E-state index is 12.1. The highest BCUT2D eigenvalue weighted by atomic mass is 32.2. The van der Waals surface area contributed by atoms with Crippen LogP contribution in [0.3, 0.4) is 0 Å². The average molecular weight is 258 g/mol. The maximum atomic E-state index is 12.1. The predicted molar refractivity (Wildman–Crippen MR) is 75.1 cm³/mol. The molecule has 0 aromatic heterocycles. The topological polar surface area (TPSA) is 55.1 Å². The van der Waals surface area contributed by atoms with Crippen LogP contribution in [0.2, 0.25) is 0 Å². The lowest BCUT2D eigenvalue weighted by atomic mass is 9.73. The Morgan fingerprint density at radius 1 is 1.59 bits per heavy atom. The van der Waals surface area contributed by atoms with Crippen LogP contribution in [0.4, 0.5) is 0 Å². The summed E-state index contributed by atoms with van der Waals surface area (Å²) in [4.78, 5) is 12.1. The van der Waals surface area contributed by atoms with Crippen LogP contribution in [0, 0.1) is 11.8 Å². The van der Waals surface area contributed by atoms with Crippen LogP contribution in [0.1, 0.15) is 39.5 Å². The quantitative estimate of drug-likeness (QED) is 0.793. The lowest BCUT2D eigenvalue weighted by Crippen LogP contribution is -2.60. The number of carbonyl (C=O) groups excluding carboxylic acids is 1. The summed E-state index contributed by atoms with van der Waals surface area (Å²) in [6.07, 6.45) is 6.68. The standard InChI is InChI=1S/C13H26N2OS/c1-10(8-17-3)12(16)15-13(9-14)7-5-4-6-11(13)2/h10-11H,4-9,14H2,1-3H3,(H,15,16). The molecule has 0 aromatic rings. The van der Waals surface area contributed by atoms with Gasteiger partial charge in [0.05, 0.1) is 5.54 Å². The predicted octanol–water partition coefficient (Wildman–Crippen LogP) is 2.01. The minimum atomic E-state index is -0.151. The van der Waals surface area contributed by atoms with E-state index in [2.05, 4.69) is 12.2 Å². The Kier molecular flexibility index (Phi) is 5.80. The fourth-order valence-corrected chi connectivity index (χ4v) is 3.30. The van der Waals surface area contributed by atoms with Gasteiger partial charge in [-0.15, -0.1) is 0 Å². The third-order valence-electron chi connectivity index (χ3n) is 4.05. The Hall–Kier alpha value is -0.220. The Bertz CT molecular complexity index is 260. The van der Waals surface area contributed by atoms with Gasteiger partial charge in [-0.1, -0.05) is 26.7 Å². The summed E-state index contributed by atoms with van der Waals surface area (Å²) in [5.74, 6) is 1.61. The molecule has 3 unspecified atom stereocenters. The molecule has 0 radical (unpaired) electrons. The van der Waals surface area contributed by atoms with Crippen molar-refractivity contribution in [3.63, 3.8) is 0 Å². The summed E-state index contributed by atoms with van der Waals surface area (Å²) in [7, 11) is 0. The van der Waals surface area contributed by atoms with Crippen molar-refractivity contribution in [2.45, 2.75) is 45.1 Å². The molecule has 0 aliphatic heterocycles. The molecule has 3 atom stereocenters. The Labute approximate surface area is 109 Å². The van der Waals surface area contributed by atoms with E-state index in [1.807, 2.05) is 13.2 Å². The highest BCUT2D eigenvalue weighted by Gasteiger charge is 2.38. The van der Waals surface area contributed by atoms with Gasteiger partial charge in [0.25, 0.3) is 0 Å². The fourth-order valence-electron chi connectivity index (χ4n) is 2.65. The Morgan fingerprint density at radius 2 is 2.29 bits per heavy atom. The molecule has 0 heterocycles. The molecule has 1 rings (SSSR count). The molecule has 1 aliphatic carbocycles. The van der Waals surface area contributed by atoms with Crippen LogP contribution in [-0.2, 0) is 4.79 Å². The van der Waals surface area contributed by atoms with Gasteiger partial charge in [0.1, 0.15) is 0 Å². The molecule has 0 bridgehead atoms. The second-order valence-electron chi connectivity index (χ2n) is 5.35. The molecule has 17 heavy (non-hydrogen) atoms. The van der Waals surface area contributed by atoms with Crippen LogP contribution >= 0.6 is 11.8 Å². The van der Waals surface area contributed by atoms with E-state index in [-0.39, 0.29) is 17.4 Å². The van der Waals surface area contributed by atoms with Crippen molar-refractivity contribution in [2.75, 3.05) is 18.6 Å². The van der Waals surface area contributed by atoms with Crippen LogP contribution < -0.4 is 11.1 Å². The molecule has 0 aromatic carbocycles. The van der Waals surface area contributed by atoms with Gasteiger partial charge >= 0.3 is 0 Å². The summed E-state index contributed by atoms with van der Waals surface area (Å²) < 4.78 is 0. The van der Waals surface area contributed by atoms with Gasteiger partial charge in [-0.05, 0) is 25.0 Å². The smallest absolute Gasteiger partial charge is 0.224 e. The summed E-state index contributed by atoms with van der Waals surface area (Å²) in [6.45, 7) is 4.76. The minimum Gasteiger partial charge on any atom is -0.349 e. The van der Waals surface area contributed by atoms with Crippen molar-refractivity contribution in [3.8, 4) is 0 Å². The van der Waals surface area contributed by atoms with Crippen molar-refractivity contribution in [3.05, 3.63) is 0 Å². The molecular formula is C13H26N2OS. The highest BCUT2D eigenvalue weighted by molar-refractivity contribution is 7.98. The van der Waals surface area contributed by atoms with E-state index in [9.17, 15) is 4.79 Å². The van der Waals surface area contributed by atoms with E-state index in [1.54, 1.807) is 11.8 Å². The van der Waals surface area contributed by atoms with Gasteiger partial charge < -0.3 is 11.1 Å². The third-order valence-corrected chi connectivity index (χ3v) is 4.89. The van der Waals surface area contributed by atoms with Gasteiger partial charge in [-0.25, -0.2) is 0 Å². The first-order valence-electron chi connectivity index (χ1n) is 6.56. The minimum absolute atomic E-state index is 0.0718. The number of hydrogen-bond donors (Lipinski definition) is 2. The van der Waals surface area contributed by atoms with E-state index < -0.39 is 0 Å². The molecule has 3 nitrogen and oxygen atoms in total. The molecule has 100 valence electrons. The van der Waals surface area contributed by atoms with Crippen LogP contribution in [-0.4, -0.2) is 30.0 Å². The lowest BCUT2D eigenvalue weighted by Gasteiger charge is -2.43. The van der Waals surface area contributed by atoms with E-state index in [0.717, 1.165) is 12.2 Å². The lowest BCUT2D eigenvalue weighted by molar-refractivity contribution is -0.126.